The molecule has 8 nitrogen and oxygen atoms in total. The second-order valence-electron chi connectivity index (χ2n) is 7.14. The van der Waals surface area contributed by atoms with Crippen molar-refractivity contribution in [3.05, 3.63) is 78.3 Å². The number of amides is 1. The minimum Gasteiger partial charge on any atom is -0.497 e. The zero-order chi connectivity index (χ0) is 21.7. The van der Waals surface area contributed by atoms with Gasteiger partial charge in [-0.1, -0.05) is 0 Å². The number of ether oxygens (including phenoxy) is 1. The van der Waals surface area contributed by atoms with E-state index in [0.29, 0.717) is 13.0 Å². The Hall–Kier alpha value is -3.11. The molecular formula is C21H16BrN3O5S. The molecule has 0 aliphatic carbocycles. The summed E-state index contributed by atoms with van der Waals surface area (Å²) >= 11 is 5.04. The van der Waals surface area contributed by atoms with E-state index in [2.05, 4.69) is 20.9 Å². The van der Waals surface area contributed by atoms with Crippen LogP contribution in [0.2, 0.25) is 0 Å². The first kappa shape index (κ1) is 19.8. The highest BCUT2D eigenvalue weighted by atomic mass is 79.9. The van der Waals surface area contributed by atoms with Crippen LogP contribution < -0.4 is 4.74 Å². The summed E-state index contributed by atoms with van der Waals surface area (Å²) in [6, 6.07) is 10.0. The summed E-state index contributed by atoms with van der Waals surface area (Å²) in [6.45, 7) is 0.449. The van der Waals surface area contributed by atoms with Crippen molar-refractivity contribution in [3.63, 3.8) is 0 Å². The fourth-order valence-electron chi connectivity index (χ4n) is 4.06. The molecule has 1 N–H and O–H groups in total. The van der Waals surface area contributed by atoms with E-state index < -0.39 is 10.8 Å². The zero-order valence-electron chi connectivity index (χ0n) is 16.3. The lowest BCUT2D eigenvalue weighted by Gasteiger charge is -2.34. The number of carbonyl (C=O) groups excluding carboxylic acids is 1. The number of thiophene rings is 1. The summed E-state index contributed by atoms with van der Waals surface area (Å²) < 4.78 is 11.5. The third kappa shape index (κ3) is 3.31. The topological polar surface area (TPSA) is 102 Å². The lowest BCUT2D eigenvalue weighted by atomic mass is 9.96. The van der Waals surface area contributed by atoms with Crippen molar-refractivity contribution in [2.45, 2.75) is 12.5 Å². The largest absolute Gasteiger partial charge is 0.497 e. The van der Waals surface area contributed by atoms with Crippen LogP contribution in [0.25, 0.3) is 10.9 Å². The van der Waals surface area contributed by atoms with E-state index >= 15 is 0 Å². The third-order valence-electron chi connectivity index (χ3n) is 5.43. The monoisotopic (exact) mass is 501 g/mol. The van der Waals surface area contributed by atoms with Gasteiger partial charge >= 0.3 is 5.88 Å². The number of benzene rings is 1. The normalized spacial score (nSPS) is 15.8. The molecule has 158 valence electrons. The Balaban J connectivity index is 1.63. The van der Waals surface area contributed by atoms with Crippen LogP contribution in [0.5, 0.6) is 5.75 Å². The van der Waals surface area contributed by atoms with Crippen molar-refractivity contribution in [1.82, 2.24) is 9.88 Å². The average Bonchev–Trinajstić information content (AvgIpc) is 3.50. The lowest BCUT2D eigenvalue weighted by molar-refractivity contribution is -0.402. The molecule has 1 aliphatic heterocycles. The van der Waals surface area contributed by atoms with Crippen LogP contribution in [-0.2, 0) is 6.42 Å². The van der Waals surface area contributed by atoms with Crippen LogP contribution in [0.4, 0.5) is 5.88 Å². The first-order chi connectivity index (χ1) is 15.0. The molecule has 3 aromatic heterocycles. The molecule has 0 unspecified atom stereocenters. The highest BCUT2D eigenvalue weighted by Crippen LogP contribution is 2.42. The van der Waals surface area contributed by atoms with Gasteiger partial charge in [0.05, 0.1) is 13.2 Å². The summed E-state index contributed by atoms with van der Waals surface area (Å²) in [5.41, 5.74) is 3.03. The summed E-state index contributed by atoms with van der Waals surface area (Å²) in [6.07, 6.45) is 0.639. The number of carbonyl (C=O) groups is 1. The molecule has 1 aromatic carbocycles. The SMILES string of the molecule is COc1ccc2[nH]c3c(c2c1)CCN(C(=O)c1ccc([N+](=O)[O-])o1)[C@@H]3c1cc(Br)cs1. The molecule has 5 rings (SSSR count). The number of nitro groups is 1. The summed E-state index contributed by atoms with van der Waals surface area (Å²) in [5.74, 6) is -0.113. The maximum Gasteiger partial charge on any atom is 0.433 e. The number of aromatic nitrogens is 1. The van der Waals surface area contributed by atoms with Crippen LogP contribution in [0.3, 0.4) is 0 Å². The Kier molecular flexibility index (Phi) is 4.82. The van der Waals surface area contributed by atoms with Crippen molar-refractivity contribution in [3.8, 4) is 5.75 Å². The van der Waals surface area contributed by atoms with Crippen LogP contribution in [0, 0.1) is 10.1 Å². The van der Waals surface area contributed by atoms with E-state index in [1.165, 1.54) is 23.5 Å². The fraction of sp³-hybridized carbons (Fsp3) is 0.190. The van der Waals surface area contributed by atoms with E-state index in [9.17, 15) is 14.9 Å². The quantitative estimate of drug-likeness (QED) is 0.302. The van der Waals surface area contributed by atoms with Gasteiger partial charge in [0.1, 0.15) is 16.7 Å². The van der Waals surface area contributed by atoms with Gasteiger partial charge < -0.3 is 19.0 Å². The molecule has 4 heterocycles. The van der Waals surface area contributed by atoms with E-state index in [-0.39, 0.29) is 17.7 Å². The number of hydrogen-bond acceptors (Lipinski definition) is 6. The van der Waals surface area contributed by atoms with Gasteiger partial charge in [-0.2, -0.15) is 0 Å². The van der Waals surface area contributed by atoms with E-state index in [1.807, 2.05) is 29.6 Å². The number of halogens is 1. The average molecular weight is 502 g/mol. The van der Waals surface area contributed by atoms with Gasteiger partial charge in [-0.15, -0.1) is 11.3 Å². The van der Waals surface area contributed by atoms with Crippen LogP contribution in [0.1, 0.15) is 32.7 Å². The number of nitrogens with zero attached hydrogens (tertiary/aromatic N) is 2. The molecular weight excluding hydrogens is 486 g/mol. The first-order valence-corrected chi connectivity index (χ1v) is 11.1. The van der Waals surface area contributed by atoms with Gasteiger partial charge in [0.25, 0.3) is 5.91 Å². The number of hydrogen-bond donors (Lipinski definition) is 1. The first-order valence-electron chi connectivity index (χ1n) is 9.44. The maximum absolute atomic E-state index is 13.3. The smallest absolute Gasteiger partial charge is 0.433 e. The van der Waals surface area contributed by atoms with Crippen molar-refractivity contribution in [2.24, 2.45) is 0 Å². The Morgan fingerprint density at radius 1 is 1.35 bits per heavy atom. The lowest BCUT2D eigenvalue weighted by Crippen LogP contribution is -2.40. The van der Waals surface area contributed by atoms with Crippen molar-refractivity contribution in [1.29, 1.82) is 0 Å². The molecule has 0 saturated carbocycles. The number of furan rings is 1. The van der Waals surface area contributed by atoms with Crippen LogP contribution in [0.15, 0.2) is 50.7 Å². The minimum atomic E-state index is -0.649. The highest BCUT2D eigenvalue weighted by molar-refractivity contribution is 9.10. The molecule has 4 aromatic rings. The second-order valence-corrected chi connectivity index (χ2v) is 9.00. The molecule has 0 spiro atoms. The number of methoxy groups -OCH3 is 1. The van der Waals surface area contributed by atoms with Gasteiger partial charge in [0.2, 0.25) is 0 Å². The van der Waals surface area contributed by atoms with E-state index in [4.69, 9.17) is 9.15 Å². The maximum atomic E-state index is 13.3. The minimum absolute atomic E-state index is 0.0476. The molecule has 0 fully saturated rings. The Morgan fingerprint density at radius 3 is 2.87 bits per heavy atom. The van der Waals surface area contributed by atoms with Crippen molar-refractivity contribution in [2.75, 3.05) is 13.7 Å². The van der Waals surface area contributed by atoms with Crippen LogP contribution in [-0.4, -0.2) is 34.4 Å². The predicted octanol–water partition coefficient (Wildman–Crippen LogP) is 5.29. The number of nitrogens with one attached hydrogen (secondary N) is 1. The summed E-state index contributed by atoms with van der Waals surface area (Å²) in [5, 5.41) is 14.0. The van der Waals surface area contributed by atoms with Gasteiger partial charge in [0, 0.05) is 37.9 Å². The van der Waals surface area contributed by atoms with Gasteiger partial charge in [-0.05, 0) is 58.2 Å². The molecule has 1 aliphatic rings. The Labute approximate surface area is 188 Å². The third-order valence-corrected chi connectivity index (χ3v) is 7.18. The Bertz CT molecular complexity index is 1320. The second kappa shape index (κ2) is 7.54. The molecule has 10 heteroatoms. The summed E-state index contributed by atoms with van der Waals surface area (Å²) in [4.78, 5) is 29.8. The predicted molar refractivity (Wildman–Crippen MR) is 119 cm³/mol. The summed E-state index contributed by atoms with van der Waals surface area (Å²) in [7, 11) is 1.63. The molecule has 0 radical (unpaired) electrons. The molecule has 31 heavy (non-hydrogen) atoms. The van der Waals surface area contributed by atoms with Gasteiger partial charge in [-0.25, -0.2) is 0 Å². The molecule has 1 amide bonds. The molecule has 1 atom stereocenters. The molecule has 0 bridgehead atoms. The van der Waals surface area contributed by atoms with E-state index in [0.717, 1.165) is 37.3 Å². The standard InChI is InChI=1S/C21H16BrN3O5S/c1-29-12-2-3-15-14(9-12)13-6-7-24(21(26)16-4-5-18(30-16)25(27)28)20(19(13)23-15)17-8-11(22)10-31-17/h2-5,8-10,20,23H,6-7H2,1H3/t20-/m1/s1. The molecule has 0 saturated heterocycles. The van der Waals surface area contributed by atoms with Crippen LogP contribution >= 0.6 is 27.3 Å². The number of aromatic amines is 1. The van der Waals surface area contributed by atoms with Gasteiger partial charge in [-0.3, -0.25) is 14.9 Å². The van der Waals surface area contributed by atoms with Gasteiger partial charge in [0.15, 0.2) is 5.76 Å². The number of fused-ring (bicyclic) bond motifs is 3. The highest BCUT2D eigenvalue weighted by Gasteiger charge is 2.37. The fourth-order valence-corrected chi connectivity index (χ4v) is 5.63. The van der Waals surface area contributed by atoms with Crippen molar-refractivity contribution >= 4 is 50.0 Å². The number of rotatable bonds is 4. The zero-order valence-corrected chi connectivity index (χ0v) is 18.7. The number of H-pyrrole nitrogens is 1. The van der Waals surface area contributed by atoms with Crippen molar-refractivity contribution < 1.29 is 18.9 Å². The Morgan fingerprint density at radius 2 is 2.19 bits per heavy atom. The van der Waals surface area contributed by atoms with E-state index in [1.54, 1.807) is 12.0 Å².